The Morgan fingerprint density at radius 1 is 0.650 bits per heavy atom. The van der Waals surface area contributed by atoms with E-state index in [1.165, 1.54) is 49.7 Å². The third-order valence-corrected chi connectivity index (χ3v) is 7.92. The van der Waals surface area contributed by atoms with E-state index in [-0.39, 0.29) is 5.41 Å². The summed E-state index contributed by atoms with van der Waals surface area (Å²) in [5.41, 5.74) is 9.85. The summed E-state index contributed by atoms with van der Waals surface area (Å²) in [5.74, 6) is 5.13. The van der Waals surface area contributed by atoms with Crippen LogP contribution in [0.3, 0.4) is 0 Å². The number of aromatic amines is 1. The van der Waals surface area contributed by atoms with Gasteiger partial charge in [0, 0.05) is 27.3 Å². The quantitative estimate of drug-likeness (QED) is 0.165. The molecule has 1 nitrogen and oxygen atoms in total. The van der Waals surface area contributed by atoms with E-state index in [0.717, 1.165) is 18.4 Å². The van der Waals surface area contributed by atoms with E-state index in [1.54, 1.807) is 12.2 Å². The van der Waals surface area contributed by atoms with Crippen molar-refractivity contribution < 1.29 is 0 Å². The summed E-state index contributed by atoms with van der Waals surface area (Å²) in [6, 6.07) is 30.8. The molecule has 1 heteroatoms. The minimum atomic E-state index is -0.215. The van der Waals surface area contributed by atoms with Gasteiger partial charge in [-0.25, -0.2) is 0 Å². The van der Waals surface area contributed by atoms with Gasteiger partial charge in [0.05, 0.1) is 5.52 Å². The van der Waals surface area contributed by atoms with Crippen LogP contribution in [0.15, 0.2) is 134 Å². The summed E-state index contributed by atoms with van der Waals surface area (Å²) < 4.78 is 0. The molecular formula is C39H29N. The van der Waals surface area contributed by atoms with Crippen LogP contribution in [0.2, 0.25) is 0 Å². The fraction of sp³-hybridized carbons (Fsp3) is 0.0769. The molecule has 190 valence electrons. The zero-order chi connectivity index (χ0) is 27.4. The fourth-order valence-electron chi connectivity index (χ4n) is 6.16. The first kappa shape index (κ1) is 25.1. The number of benzene rings is 4. The number of terminal acetylenes is 2. The van der Waals surface area contributed by atoms with Crippen molar-refractivity contribution in [1.82, 2.24) is 4.98 Å². The summed E-state index contributed by atoms with van der Waals surface area (Å²) in [6.07, 6.45) is 28.4. The molecule has 0 fully saturated rings. The molecule has 0 amide bonds. The van der Waals surface area contributed by atoms with Gasteiger partial charge in [-0.1, -0.05) is 121 Å². The SMILES string of the molecule is C#C/C=C\C=C/CC1(C/C=C\C=C/C#C)c2ccccc2-c2c1ccc1c2[nH]c2ccc(-c3ccccc3)cc21. The lowest BCUT2D eigenvalue weighted by atomic mass is 9.72. The summed E-state index contributed by atoms with van der Waals surface area (Å²) in [4.78, 5) is 3.80. The Morgan fingerprint density at radius 2 is 1.35 bits per heavy atom. The Bertz CT molecular complexity index is 1870. The molecule has 1 heterocycles. The highest BCUT2D eigenvalue weighted by atomic mass is 14.7. The van der Waals surface area contributed by atoms with Crippen LogP contribution in [0.5, 0.6) is 0 Å². The average Bonchev–Trinajstić information content (AvgIpc) is 3.51. The van der Waals surface area contributed by atoms with Crippen molar-refractivity contribution in [2.24, 2.45) is 0 Å². The molecular weight excluding hydrogens is 482 g/mol. The molecule has 1 aliphatic carbocycles. The molecule has 0 bridgehead atoms. The van der Waals surface area contributed by atoms with Crippen molar-refractivity contribution in [2.45, 2.75) is 18.3 Å². The van der Waals surface area contributed by atoms with E-state index >= 15 is 0 Å². The maximum atomic E-state index is 5.41. The summed E-state index contributed by atoms with van der Waals surface area (Å²) in [7, 11) is 0. The van der Waals surface area contributed by atoms with Crippen LogP contribution in [0.4, 0.5) is 0 Å². The lowest BCUT2D eigenvalue weighted by Crippen LogP contribution is -2.23. The lowest BCUT2D eigenvalue weighted by Gasteiger charge is -2.30. The molecule has 5 aromatic rings. The average molecular weight is 512 g/mol. The van der Waals surface area contributed by atoms with Gasteiger partial charge in [-0.3, -0.25) is 0 Å². The van der Waals surface area contributed by atoms with Gasteiger partial charge in [0.15, 0.2) is 0 Å². The summed E-state index contributed by atoms with van der Waals surface area (Å²) >= 11 is 0. The maximum Gasteiger partial charge on any atom is 0.0547 e. The second-order valence-electron chi connectivity index (χ2n) is 10.1. The first-order valence-electron chi connectivity index (χ1n) is 13.6. The smallest absolute Gasteiger partial charge is 0.0547 e. The predicted octanol–water partition coefficient (Wildman–Crippen LogP) is 9.53. The van der Waals surface area contributed by atoms with E-state index in [4.69, 9.17) is 12.8 Å². The first-order chi connectivity index (χ1) is 19.8. The van der Waals surface area contributed by atoms with E-state index in [9.17, 15) is 0 Å². The number of allylic oxidation sites excluding steroid dienone is 8. The Morgan fingerprint density at radius 3 is 2.08 bits per heavy atom. The third kappa shape index (κ3) is 4.29. The zero-order valence-corrected chi connectivity index (χ0v) is 22.3. The molecule has 0 unspecified atom stereocenters. The molecule has 4 aromatic carbocycles. The Labute approximate surface area is 236 Å². The Kier molecular flexibility index (Phi) is 6.80. The molecule has 0 spiro atoms. The second-order valence-corrected chi connectivity index (χ2v) is 10.1. The zero-order valence-electron chi connectivity index (χ0n) is 22.3. The lowest BCUT2D eigenvalue weighted by molar-refractivity contribution is 0.542. The van der Waals surface area contributed by atoms with Gasteiger partial charge in [-0.05, 0) is 64.9 Å². The molecule has 1 N–H and O–H groups in total. The van der Waals surface area contributed by atoms with Crippen LogP contribution in [-0.2, 0) is 5.41 Å². The van der Waals surface area contributed by atoms with Crippen molar-refractivity contribution in [2.75, 3.05) is 0 Å². The van der Waals surface area contributed by atoms with Crippen LogP contribution >= 0.6 is 0 Å². The van der Waals surface area contributed by atoms with Gasteiger partial charge in [0.2, 0.25) is 0 Å². The van der Waals surface area contributed by atoms with Crippen LogP contribution in [0.25, 0.3) is 44.1 Å². The number of nitrogens with one attached hydrogen (secondary N) is 1. The van der Waals surface area contributed by atoms with E-state index in [0.29, 0.717) is 0 Å². The Balaban J connectivity index is 1.55. The number of rotatable bonds is 7. The number of hydrogen-bond donors (Lipinski definition) is 1. The number of hydrogen-bond acceptors (Lipinski definition) is 0. The number of aromatic nitrogens is 1. The van der Waals surface area contributed by atoms with Crippen molar-refractivity contribution in [1.29, 1.82) is 0 Å². The minimum absolute atomic E-state index is 0.215. The minimum Gasteiger partial charge on any atom is -0.354 e. The molecule has 0 saturated carbocycles. The van der Waals surface area contributed by atoms with Crippen molar-refractivity contribution in [3.05, 3.63) is 145 Å². The van der Waals surface area contributed by atoms with Crippen LogP contribution in [0, 0.1) is 24.7 Å². The van der Waals surface area contributed by atoms with Crippen molar-refractivity contribution in [3.63, 3.8) is 0 Å². The summed E-state index contributed by atoms with van der Waals surface area (Å²) in [6.45, 7) is 0. The fourth-order valence-corrected chi connectivity index (χ4v) is 6.16. The monoisotopic (exact) mass is 511 g/mol. The third-order valence-electron chi connectivity index (χ3n) is 7.92. The van der Waals surface area contributed by atoms with E-state index in [1.807, 2.05) is 12.2 Å². The predicted molar refractivity (Wildman–Crippen MR) is 171 cm³/mol. The van der Waals surface area contributed by atoms with Crippen molar-refractivity contribution in [3.8, 4) is 46.9 Å². The van der Waals surface area contributed by atoms with E-state index < -0.39 is 0 Å². The van der Waals surface area contributed by atoms with Gasteiger partial charge >= 0.3 is 0 Å². The topological polar surface area (TPSA) is 15.8 Å². The van der Waals surface area contributed by atoms with Crippen molar-refractivity contribution >= 4 is 21.8 Å². The highest BCUT2D eigenvalue weighted by molar-refractivity contribution is 6.14. The van der Waals surface area contributed by atoms with Gasteiger partial charge in [0.1, 0.15) is 0 Å². The standard InChI is InChI=1S/C39H29N/c1-3-5-7-9-16-26-39(27-17-10-8-6-4-2)34-21-15-14-20-32(34)37-35(39)24-23-31-33-28-30(29-18-12-11-13-19-29)22-25-36(33)40-38(31)37/h1-2,5-25,28,40H,26-27H2/b7-5-,8-6-,16-9-,17-10-. The normalized spacial score (nSPS) is 13.9. The van der Waals surface area contributed by atoms with Crippen LogP contribution in [-0.4, -0.2) is 4.98 Å². The number of H-pyrrole nitrogens is 1. The second kappa shape index (κ2) is 10.9. The molecule has 0 saturated heterocycles. The van der Waals surface area contributed by atoms with Gasteiger partial charge in [0.25, 0.3) is 0 Å². The van der Waals surface area contributed by atoms with Gasteiger partial charge < -0.3 is 4.98 Å². The maximum absolute atomic E-state index is 5.41. The van der Waals surface area contributed by atoms with Crippen LogP contribution < -0.4 is 0 Å². The van der Waals surface area contributed by atoms with Gasteiger partial charge in [-0.2, -0.15) is 0 Å². The van der Waals surface area contributed by atoms with Crippen LogP contribution in [0.1, 0.15) is 24.0 Å². The van der Waals surface area contributed by atoms with Gasteiger partial charge in [-0.15, -0.1) is 12.8 Å². The van der Waals surface area contributed by atoms with E-state index in [2.05, 4.69) is 126 Å². The molecule has 0 radical (unpaired) electrons. The molecule has 0 aliphatic heterocycles. The highest BCUT2D eigenvalue weighted by Crippen LogP contribution is 2.55. The largest absolute Gasteiger partial charge is 0.354 e. The molecule has 6 rings (SSSR count). The number of fused-ring (bicyclic) bond motifs is 7. The molecule has 1 aliphatic rings. The summed E-state index contributed by atoms with van der Waals surface area (Å²) in [5, 5.41) is 2.49. The molecule has 1 aromatic heterocycles. The highest BCUT2D eigenvalue weighted by Gasteiger charge is 2.42. The molecule has 0 atom stereocenters. The first-order valence-corrected chi connectivity index (χ1v) is 13.6. The Hall–Kier alpha value is -5.24. The molecule has 40 heavy (non-hydrogen) atoms.